The molecule has 2 N–H and O–H groups in total. The van der Waals surface area contributed by atoms with Crippen LogP contribution in [0.2, 0.25) is 0 Å². The topological polar surface area (TPSA) is 212 Å². The molecule has 2 aromatic heterocycles. The molecule has 8 aliphatic rings. The molecule has 0 bridgehead atoms. The van der Waals surface area contributed by atoms with Gasteiger partial charge in [-0.25, -0.2) is 9.59 Å². The number of aromatic nitrogens is 2. The second-order valence-corrected chi connectivity index (χ2v) is 27.3. The van der Waals surface area contributed by atoms with E-state index >= 15 is 0 Å². The summed E-state index contributed by atoms with van der Waals surface area (Å²) in [6, 6.07) is 59.7. The highest BCUT2D eigenvalue weighted by molar-refractivity contribution is 6.21. The van der Waals surface area contributed by atoms with Crippen molar-refractivity contribution in [3.63, 3.8) is 0 Å². The van der Waals surface area contributed by atoms with E-state index in [0.29, 0.717) is 48.2 Å². The first-order valence-corrected chi connectivity index (χ1v) is 36.5. The molecule has 12 aromatic rings. The largest absolute Gasteiger partial charge is 0.493 e. The molecule has 1 unspecified atom stereocenters. The van der Waals surface area contributed by atoms with Gasteiger partial charge in [-0.1, -0.05) is 134 Å². The number of hydrogen-bond donors (Lipinski definition) is 2. The van der Waals surface area contributed by atoms with Gasteiger partial charge in [-0.15, -0.1) is 0 Å². The van der Waals surface area contributed by atoms with Crippen LogP contribution in [0.15, 0.2) is 200 Å². The standard InChI is InChI=1S/C10H9NO2.2C10H12O.C9H10O2.3C9H10O.2C8H7NO2.C8H8O2/c1-6-4-3-5-7-8(6)10(13)11(2)9(7)12;1-7-4-3-5-9-10(7)8(2)6-11-9;1-8-4-2-6-10-9(8)5-3-7-11-10;1-7-3-2-4-8-9(7)11-6-5-10-8;1-7-3-2-4-8-5-10-6-9(7)8;1-7-3-2-4-9-8(7)5-6-10-9;1-7-3-2-4-8-5-6-10-9(7)8;1-5-2-3-6-7(4-5)11-8(10)9-6;1-5-3-2-4-6-7(5)11-8(10)9-6;1-6-3-2-4-7-8(6)10-5-9-7/h3-5H,1-2H3;3-5,8H,6H2,1-2H3;2,4,6H,3,5,7H2,1H3;2-4H,5-6H2,1H3;3*2-4H,5-6H2,1H3;2*2-4H,1H3,(H,9,10);2-4H,5H2,1H3. The van der Waals surface area contributed by atoms with E-state index in [4.69, 9.17) is 51.5 Å². The summed E-state index contributed by atoms with van der Waals surface area (Å²) in [5.74, 6) is 7.28. The summed E-state index contributed by atoms with van der Waals surface area (Å²) < 4.78 is 58.0. The van der Waals surface area contributed by atoms with Crippen molar-refractivity contribution < 1.29 is 61.1 Å². The number of benzene rings is 10. The molecular formula is C90H95N3O15. The fourth-order valence-electron chi connectivity index (χ4n) is 13.4. The highest BCUT2D eigenvalue weighted by atomic mass is 16.7. The maximum atomic E-state index is 11.5. The van der Waals surface area contributed by atoms with E-state index in [1.807, 2.05) is 138 Å². The molecule has 560 valence electrons. The van der Waals surface area contributed by atoms with Gasteiger partial charge in [-0.2, -0.15) is 0 Å². The molecule has 0 aliphatic carbocycles. The first-order valence-electron chi connectivity index (χ1n) is 36.5. The van der Waals surface area contributed by atoms with Crippen molar-refractivity contribution in [2.24, 2.45) is 0 Å². The Labute approximate surface area is 630 Å². The van der Waals surface area contributed by atoms with E-state index in [1.54, 1.807) is 12.1 Å². The predicted octanol–water partition coefficient (Wildman–Crippen LogP) is 18.3. The third kappa shape index (κ3) is 19.3. The number of H-pyrrole nitrogens is 2. The van der Waals surface area contributed by atoms with E-state index in [0.717, 1.165) is 149 Å². The van der Waals surface area contributed by atoms with Crippen molar-refractivity contribution in [3.8, 4) is 46.0 Å². The highest BCUT2D eigenvalue weighted by Gasteiger charge is 2.33. The number of hydrogen-bond acceptors (Lipinski definition) is 15. The maximum Gasteiger partial charge on any atom is 0.417 e. The lowest BCUT2D eigenvalue weighted by molar-refractivity contribution is 0.0692. The minimum Gasteiger partial charge on any atom is -0.493 e. The summed E-state index contributed by atoms with van der Waals surface area (Å²) in [5.41, 5.74) is 24.0. The second-order valence-electron chi connectivity index (χ2n) is 27.3. The van der Waals surface area contributed by atoms with Gasteiger partial charge < -0.3 is 51.5 Å². The van der Waals surface area contributed by atoms with Crippen LogP contribution >= 0.6 is 0 Å². The van der Waals surface area contributed by atoms with Gasteiger partial charge in [0.05, 0.1) is 61.8 Å². The fourth-order valence-corrected chi connectivity index (χ4v) is 13.4. The van der Waals surface area contributed by atoms with Crippen molar-refractivity contribution >= 4 is 34.0 Å². The number of nitrogens with one attached hydrogen (secondary N) is 2. The van der Waals surface area contributed by atoms with Crippen molar-refractivity contribution in [2.75, 3.05) is 53.5 Å². The number of rotatable bonds is 0. The molecule has 0 radical (unpaired) electrons. The molecule has 2 amide bonds. The SMILES string of the molecule is Cc1ccc2[nH]c(=O)oc2c1.Cc1cccc2[nH]c(=O)oc12.Cc1cccc2c1C(=O)N(C)C2=O.Cc1cccc2c1C(C)CO2.Cc1cccc2c1CCCO2.Cc1cccc2c1CCO2.Cc1cccc2c1COC2.Cc1cccc2c1OCC2.Cc1cccc2c1OCCO2.Cc1cccc2c1OCO2. The van der Waals surface area contributed by atoms with Gasteiger partial charge >= 0.3 is 11.5 Å². The van der Waals surface area contributed by atoms with Crippen molar-refractivity contribution in [1.29, 1.82) is 0 Å². The van der Waals surface area contributed by atoms with E-state index < -0.39 is 11.5 Å². The van der Waals surface area contributed by atoms with Gasteiger partial charge in [0.2, 0.25) is 6.79 Å². The minimum absolute atomic E-state index is 0.196. The Bertz CT molecular complexity index is 4970. The fraction of sp³-hybridized carbons (Fsp3) is 0.289. The van der Waals surface area contributed by atoms with Gasteiger partial charge in [0, 0.05) is 36.9 Å². The van der Waals surface area contributed by atoms with Crippen LogP contribution in [0.4, 0.5) is 0 Å². The molecule has 10 heterocycles. The molecule has 20 rings (SSSR count). The molecule has 18 heteroatoms. The number of carbonyl (C=O) groups is 2. The molecule has 1 atom stereocenters. The summed E-state index contributed by atoms with van der Waals surface area (Å²) in [5, 5.41) is 0. The van der Waals surface area contributed by atoms with Crippen molar-refractivity contribution in [2.45, 2.75) is 121 Å². The van der Waals surface area contributed by atoms with Gasteiger partial charge in [-0.05, 0) is 215 Å². The van der Waals surface area contributed by atoms with Crippen LogP contribution in [0, 0.1) is 69.2 Å². The number of oxazole rings is 2. The molecule has 0 spiro atoms. The second kappa shape index (κ2) is 36.5. The van der Waals surface area contributed by atoms with E-state index in [1.165, 1.54) is 74.7 Å². The Morgan fingerprint density at radius 3 is 1.56 bits per heavy atom. The van der Waals surface area contributed by atoms with Gasteiger partial charge in [0.1, 0.15) is 36.2 Å². The minimum atomic E-state index is -0.398. The Morgan fingerprint density at radius 2 is 0.907 bits per heavy atom. The van der Waals surface area contributed by atoms with E-state index in [2.05, 4.69) is 118 Å². The summed E-state index contributed by atoms with van der Waals surface area (Å²) in [7, 11) is 1.50. The number of aromatic amines is 2. The van der Waals surface area contributed by atoms with E-state index in [-0.39, 0.29) is 11.8 Å². The van der Waals surface area contributed by atoms with Crippen LogP contribution in [0.25, 0.3) is 22.2 Å². The van der Waals surface area contributed by atoms with Crippen LogP contribution in [0.1, 0.15) is 129 Å². The van der Waals surface area contributed by atoms with Crippen LogP contribution in [0.5, 0.6) is 46.0 Å². The zero-order valence-corrected chi connectivity index (χ0v) is 63.7. The molecule has 8 aliphatic heterocycles. The molecule has 0 saturated heterocycles. The van der Waals surface area contributed by atoms with Gasteiger partial charge in [-0.3, -0.25) is 24.5 Å². The lowest BCUT2D eigenvalue weighted by Crippen LogP contribution is -2.24. The Hall–Kier alpha value is -11.8. The first kappa shape index (κ1) is 77.3. The monoisotopic (exact) mass is 1460 g/mol. The Morgan fingerprint density at radius 1 is 0.389 bits per heavy atom. The molecule has 18 nitrogen and oxygen atoms in total. The van der Waals surface area contributed by atoms with Gasteiger partial charge in [0.25, 0.3) is 11.8 Å². The third-order valence-corrected chi connectivity index (χ3v) is 19.3. The summed E-state index contributed by atoms with van der Waals surface area (Å²) in [6.07, 6.45) is 4.51. The summed E-state index contributed by atoms with van der Waals surface area (Å²) >= 11 is 0. The number of amides is 2. The van der Waals surface area contributed by atoms with Crippen LogP contribution < -0.4 is 49.4 Å². The molecule has 0 saturated carbocycles. The van der Waals surface area contributed by atoms with Crippen LogP contribution in [-0.2, 0) is 37.2 Å². The predicted molar refractivity (Wildman–Crippen MR) is 421 cm³/mol. The first-order chi connectivity index (χ1) is 52.2. The van der Waals surface area contributed by atoms with Gasteiger partial charge in [0.15, 0.2) is 34.2 Å². The number of ether oxygens (including phenoxy) is 9. The summed E-state index contributed by atoms with van der Waals surface area (Å²) in [4.78, 5) is 50.7. The van der Waals surface area contributed by atoms with Crippen LogP contribution in [0.3, 0.4) is 0 Å². The van der Waals surface area contributed by atoms with Crippen LogP contribution in [-0.4, -0.2) is 80.2 Å². The lowest BCUT2D eigenvalue weighted by Gasteiger charge is -2.19. The smallest absolute Gasteiger partial charge is 0.417 e. The number of para-hydroxylation sites is 4. The average Bonchev–Trinajstić information content (AvgIpc) is 1.63. The average molecular weight is 1460 g/mol. The normalized spacial score (nSPS) is 14.6. The zero-order chi connectivity index (χ0) is 76.4. The number of imide groups is 1. The van der Waals surface area contributed by atoms with Crippen molar-refractivity contribution in [1.82, 2.24) is 14.9 Å². The highest BCUT2D eigenvalue weighted by Crippen LogP contribution is 2.38. The zero-order valence-electron chi connectivity index (χ0n) is 63.7. The molecular weight excluding hydrogens is 1360 g/mol. The lowest BCUT2D eigenvalue weighted by atomic mass is 9.99. The molecule has 108 heavy (non-hydrogen) atoms. The van der Waals surface area contributed by atoms with E-state index in [9.17, 15) is 19.2 Å². The Balaban J connectivity index is 0.000000119. The number of aryl methyl sites for hydroxylation is 10. The van der Waals surface area contributed by atoms with Crippen molar-refractivity contribution in [3.05, 3.63) is 303 Å². The maximum absolute atomic E-state index is 11.5. The molecule has 10 aromatic carbocycles. The number of nitrogens with zero attached hydrogens (tertiary/aromatic N) is 1. The third-order valence-electron chi connectivity index (χ3n) is 19.3. The number of fused-ring (bicyclic) bond motifs is 10. The molecule has 0 fully saturated rings. The quantitative estimate of drug-likeness (QED) is 0.135. The number of carbonyl (C=O) groups excluding carboxylic acids is 2. The Kier molecular flexibility index (Phi) is 26.1. The summed E-state index contributed by atoms with van der Waals surface area (Å²) in [6.45, 7) is 29.3.